The summed E-state index contributed by atoms with van der Waals surface area (Å²) in [6.45, 7) is 3.04. The van der Waals surface area contributed by atoms with Crippen molar-refractivity contribution in [2.24, 2.45) is 7.05 Å². The van der Waals surface area contributed by atoms with E-state index in [1.54, 1.807) is 18.7 Å². The van der Waals surface area contributed by atoms with E-state index in [0.717, 1.165) is 19.4 Å². The molecule has 1 saturated heterocycles. The minimum atomic E-state index is -0.947. The van der Waals surface area contributed by atoms with Gasteiger partial charge in [-0.1, -0.05) is 0 Å². The van der Waals surface area contributed by atoms with Gasteiger partial charge in [0.25, 0.3) is 0 Å². The Labute approximate surface area is 117 Å². The van der Waals surface area contributed by atoms with Crippen LogP contribution in [0.4, 0.5) is 0 Å². The third-order valence-corrected chi connectivity index (χ3v) is 3.52. The second kappa shape index (κ2) is 6.23. The van der Waals surface area contributed by atoms with Gasteiger partial charge in [-0.2, -0.15) is 5.10 Å². The number of aryl methyl sites for hydroxylation is 2. The quantitative estimate of drug-likeness (QED) is 0.796. The Kier molecular flexibility index (Phi) is 4.61. The van der Waals surface area contributed by atoms with Crippen molar-refractivity contribution in [2.75, 3.05) is 20.3 Å². The van der Waals surface area contributed by atoms with Crippen molar-refractivity contribution in [3.63, 3.8) is 0 Å². The summed E-state index contributed by atoms with van der Waals surface area (Å²) in [5, 5.41) is 16.7. The summed E-state index contributed by atoms with van der Waals surface area (Å²) in [5.41, 5.74) is 1.22. The number of aromatic nitrogens is 2. The van der Waals surface area contributed by atoms with Gasteiger partial charge >= 0.3 is 5.97 Å². The number of aliphatic carboxylic acids is 1. The Balaban J connectivity index is 2.17. The first-order chi connectivity index (χ1) is 9.54. The van der Waals surface area contributed by atoms with Crippen LogP contribution in [0.2, 0.25) is 0 Å². The number of hydrogen-bond donors (Lipinski definition) is 2. The van der Waals surface area contributed by atoms with Crippen LogP contribution in [-0.4, -0.2) is 47.2 Å². The minimum absolute atomic E-state index is 0.0832. The fraction of sp³-hybridized carbons (Fsp3) is 0.692. The second-order valence-corrected chi connectivity index (χ2v) is 4.95. The zero-order chi connectivity index (χ0) is 14.7. The SMILES string of the molecule is COc1c(C(NCC2CCCO2)C(=O)O)c(C)nn1C. The van der Waals surface area contributed by atoms with Crippen molar-refractivity contribution in [1.29, 1.82) is 0 Å². The molecule has 0 saturated carbocycles. The van der Waals surface area contributed by atoms with Crippen molar-refractivity contribution < 1.29 is 19.4 Å². The molecule has 20 heavy (non-hydrogen) atoms. The van der Waals surface area contributed by atoms with Gasteiger partial charge < -0.3 is 14.6 Å². The normalized spacial score (nSPS) is 20.1. The summed E-state index contributed by atoms with van der Waals surface area (Å²) in [6.07, 6.45) is 2.07. The second-order valence-electron chi connectivity index (χ2n) is 4.95. The van der Waals surface area contributed by atoms with Gasteiger partial charge in [-0.05, 0) is 19.8 Å². The molecular weight excluding hydrogens is 262 g/mol. The lowest BCUT2D eigenvalue weighted by Crippen LogP contribution is -2.34. The summed E-state index contributed by atoms with van der Waals surface area (Å²) >= 11 is 0. The highest BCUT2D eigenvalue weighted by Crippen LogP contribution is 2.28. The highest BCUT2D eigenvalue weighted by atomic mass is 16.5. The molecule has 0 radical (unpaired) electrons. The van der Waals surface area contributed by atoms with Crippen LogP contribution in [0, 0.1) is 6.92 Å². The van der Waals surface area contributed by atoms with Crippen molar-refractivity contribution in [2.45, 2.75) is 31.9 Å². The molecule has 1 aromatic rings. The van der Waals surface area contributed by atoms with Gasteiger partial charge in [0, 0.05) is 20.2 Å². The predicted molar refractivity (Wildman–Crippen MR) is 71.9 cm³/mol. The monoisotopic (exact) mass is 283 g/mol. The summed E-state index contributed by atoms with van der Waals surface area (Å²) < 4.78 is 12.3. The van der Waals surface area contributed by atoms with Gasteiger partial charge in [-0.15, -0.1) is 0 Å². The number of nitrogens with one attached hydrogen (secondary N) is 1. The van der Waals surface area contributed by atoms with E-state index in [1.165, 1.54) is 7.11 Å². The molecule has 2 N–H and O–H groups in total. The van der Waals surface area contributed by atoms with Crippen LogP contribution < -0.4 is 10.1 Å². The molecule has 2 heterocycles. The smallest absolute Gasteiger partial charge is 0.325 e. The van der Waals surface area contributed by atoms with Crippen LogP contribution in [0.1, 0.15) is 30.1 Å². The van der Waals surface area contributed by atoms with Crippen LogP contribution in [-0.2, 0) is 16.6 Å². The molecule has 0 aromatic carbocycles. The first-order valence-electron chi connectivity index (χ1n) is 6.69. The van der Waals surface area contributed by atoms with Crippen molar-refractivity contribution in [1.82, 2.24) is 15.1 Å². The zero-order valence-electron chi connectivity index (χ0n) is 12.0. The average molecular weight is 283 g/mol. The summed E-state index contributed by atoms with van der Waals surface area (Å²) in [7, 11) is 3.24. The van der Waals surface area contributed by atoms with E-state index in [-0.39, 0.29) is 6.10 Å². The topological polar surface area (TPSA) is 85.6 Å². The molecule has 0 aliphatic carbocycles. The van der Waals surface area contributed by atoms with E-state index in [4.69, 9.17) is 9.47 Å². The first kappa shape index (κ1) is 14.8. The van der Waals surface area contributed by atoms with E-state index >= 15 is 0 Å². The molecule has 1 aliphatic heterocycles. The maximum absolute atomic E-state index is 11.5. The minimum Gasteiger partial charge on any atom is -0.481 e. The molecule has 2 rings (SSSR count). The van der Waals surface area contributed by atoms with E-state index in [9.17, 15) is 9.90 Å². The molecule has 0 amide bonds. The lowest BCUT2D eigenvalue weighted by atomic mass is 10.1. The van der Waals surface area contributed by atoms with E-state index in [0.29, 0.717) is 23.7 Å². The number of nitrogens with zero attached hydrogens (tertiary/aromatic N) is 2. The van der Waals surface area contributed by atoms with Crippen molar-refractivity contribution in [3.05, 3.63) is 11.3 Å². The Morgan fingerprint density at radius 1 is 1.70 bits per heavy atom. The molecule has 1 aliphatic rings. The lowest BCUT2D eigenvalue weighted by Gasteiger charge is -2.18. The number of ether oxygens (including phenoxy) is 2. The largest absolute Gasteiger partial charge is 0.481 e. The number of rotatable bonds is 6. The number of carboxylic acids is 1. The van der Waals surface area contributed by atoms with Gasteiger partial charge in [0.2, 0.25) is 5.88 Å². The fourth-order valence-electron chi connectivity index (χ4n) is 2.60. The van der Waals surface area contributed by atoms with Gasteiger partial charge in [0.1, 0.15) is 6.04 Å². The molecule has 1 fully saturated rings. The van der Waals surface area contributed by atoms with Crippen molar-refractivity contribution in [3.8, 4) is 5.88 Å². The Morgan fingerprint density at radius 2 is 2.45 bits per heavy atom. The van der Waals surface area contributed by atoms with Crippen LogP contribution >= 0.6 is 0 Å². The van der Waals surface area contributed by atoms with E-state index in [1.807, 2.05) is 0 Å². The average Bonchev–Trinajstić information content (AvgIpc) is 2.98. The lowest BCUT2D eigenvalue weighted by molar-refractivity contribution is -0.139. The highest BCUT2D eigenvalue weighted by molar-refractivity contribution is 5.77. The number of hydrogen-bond acceptors (Lipinski definition) is 5. The van der Waals surface area contributed by atoms with Gasteiger partial charge in [0.15, 0.2) is 0 Å². The number of carboxylic acid groups (broad SMARTS) is 1. The van der Waals surface area contributed by atoms with Crippen LogP contribution in [0.3, 0.4) is 0 Å². The van der Waals surface area contributed by atoms with E-state index < -0.39 is 12.0 Å². The third kappa shape index (κ3) is 2.94. The molecular formula is C13H21N3O4. The molecule has 7 heteroatoms. The van der Waals surface area contributed by atoms with Crippen molar-refractivity contribution >= 4 is 5.97 Å². The first-order valence-corrected chi connectivity index (χ1v) is 6.69. The van der Waals surface area contributed by atoms with Gasteiger partial charge in [-0.25, -0.2) is 4.68 Å². The van der Waals surface area contributed by atoms with Crippen LogP contribution in [0.5, 0.6) is 5.88 Å². The van der Waals surface area contributed by atoms with Crippen LogP contribution in [0.25, 0.3) is 0 Å². The molecule has 0 spiro atoms. The fourth-order valence-corrected chi connectivity index (χ4v) is 2.60. The van der Waals surface area contributed by atoms with E-state index in [2.05, 4.69) is 10.4 Å². The standard InChI is InChI=1S/C13H21N3O4/c1-8-10(12(19-3)16(2)15-8)11(13(17)18)14-7-9-5-4-6-20-9/h9,11,14H,4-7H2,1-3H3,(H,17,18). The Hall–Kier alpha value is -1.60. The maximum atomic E-state index is 11.5. The molecule has 0 bridgehead atoms. The molecule has 7 nitrogen and oxygen atoms in total. The summed E-state index contributed by atoms with van der Waals surface area (Å²) in [4.78, 5) is 11.5. The molecule has 2 atom stereocenters. The van der Waals surface area contributed by atoms with Crippen LogP contribution in [0.15, 0.2) is 0 Å². The highest BCUT2D eigenvalue weighted by Gasteiger charge is 2.30. The van der Waals surface area contributed by atoms with Gasteiger partial charge in [-0.3, -0.25) is 10.1 Å². The summed E-state index contributed by atoms with van der Waals surface area (Å²) in [5.74, 6) is -0.480. The Morgan fingerprint density at radius 3 is 3.00 bits per heavy atom. The summed E-state index contributed by atoms with van der Waals surface area (Å²) in [6, 6.07) is -0.845. The maximum Gasteiger partial charge on any atom is 0.325 e. The Bertz CT molecular complexity index is 480. The predicted octanol–water partition coefficient (Wildman–Crippen LogP) is 0.631. The zero-order valence-corrected chi connectivity index (χ0v) is 12.0. The molecule has 112 valence electrons. The number of methoxy groups -OCH3 is 1. The molecule has 2 unspecified atom stereocenters. The van der Waals surface area contributed by atoms with Gasteiger partial charge in [0.05, 0.1) is 24.5 Å². The third-order valence-electron chi connectivity index (χ3n) is 3.52. The number of carbonyl (C=O) groups is 1. The molecule has 1 aromatic heterocycles.